The molecule has 4 unspecified atom stereocenters. The fourth-order valence-corrected chi connectivity index (χ4v) is 5.64. The lowest BCUT2D eigenvalue weighted by atomic mass is 9.75. The van der Waals surface area contributed by atoms with Gasteiger partial charge in [0.1, 0.15) is 11.3 Å². The number of aromatic hydroxyl groups is 1. The zero-order valence-electron chi connectivity index (χ0n) is 18.8. The van der Waals surface area contributed by atoms with Gasteiger partial charge in [0, 0.05) is 24.4 Å². The van der Waals surface area contributed by atoms with Gasteiger partial charge in [-0.25, -0.2) is 0 Å². The van der Waals surface area contributed by atoms with Crippen LogP contribution in [-0.2, 0) is 31.1 Å². The third kappa shape index (κ3) is 3.01. The Kier molecular flexibility index (Phi) is 5.02. The topological polar surface area (TPSA) is 108 Å². The number of nitrogens with one attached hydrogen (secondary N) is 2. The Labute approximate surface area is 191 Å². The van der Waals surface area contributed by atoms with Crippen LogP contribution in [0.4, 0.5) is 5.69 Å². The van der Waals surface area contributed by atoms with Crippen molar-refractivity contribution in [3.8, 4) is 5.75 Å². The van der Waals surface area contributed by atoms with Crippen molar-refractivity contribution in [1.29, 1.82) is 0 Å². The van der Waals surface area contributed by atoms with Crippen LogP contribution in [0.1, 0.15) is 22.3 Å². The number of benzene rings is 2. The summed E-state index contributed by atoms with van der Waals surface area (Å²) in [5.41, 5.74) is 3.01. The number of nitrogens with zero attached hydrogens (tertiary/aromatic N) is 1. The molecule has 0 aromatic heterocycles. The van der Waals surface area contributed by atoms with E-state index >= 15 is 0 Å². The number of carbonyl (C=O) groups is 3. The van der Waals surface area contributed by atoms with Crippen molar-refractivity contribution in [3.63, 3.8) is 0 Å². The number of carbonyl (C=O) groups excluding carboxylic acids is 3. The van der Waals surface area contributed by atoms with Crippen LogP contribution in [0.2, 0.25) is 0 Å². The largest absolute Gasteiger partial charge is 0.508 e. The predicted octanol–water partition coefficient (Wildman–Crippen LogP) is 1.62. The zero-order chi connectivity index (χ0) is 23.5. The lowest BCUT2D eigenvalue weighted by Gasteiger charge is -2.29. The van der Waals surface area contributed by atoms with Gasteiger partial charge >= 0.3 is 0 Å². The van der Waals surface area contributed by atoms with Crippen molar-refractivity contribution in [1.82, 2.24) is 10.2 Å². The number of methoxy groups -OCH3 is 1. The van der Waals surface area contributed by atoms with Crippen LogP contribution in [0.15, 0.2) is 36.4 Å². The van der Waals surface area contributed by atoms with E-state index in [1.54, 1.807) is 24.3 Å². The number of likely N-dealkylation sites (tertiary alicyclic amines) is 1. The third-order valence-electron chi connectivity index (χ3n) is 7.42. The monoisotopic (exact) mass is 449 g/mol. The Hall–Kier alpha value is -3.23. The van der Waals surface area contributed by atoms with E-state index in [-0.39, 0.29) is 36.6 Å². The summed E-state index contributed by atoms with van der Waals surface area (Å²) >= 11 is 0. The predicted molar refractivity (Wildman–Crippen MR) is 121 cm³/mol. The fraction of sp³-hybridized carbons (Fsp3) is 0.400. The molecule has 2 saturated heterocycles. The minimum Gasteiger partial charge on any atom is -0.508 e. The maximum absolute atomic E-state index is 13.6. The number of imide groups is 1. The Morgan fingerprint density at radius 3 is 2.48 bits per heavy atom. The number of aryl methyl sites for hydroxylation is 1. The Morgan fingerprint density at radius 1 is 1.06 bits per heavy atom. The van der Waals surface area contributed by atoms with Crippen LogP contribution in [0, 0.1) is 25.7 Å². The number of anilines is 1. The summed E-state index contributed by atoms with van der Waals surface area (Å²) in [5, 5.41) is 16.1. The highest BCUT2D eigenvalue weighted by molar-refractivity contribution is 6.15. The zero-order valence-corrected chi connectivity index (χ0v) is 18.8. The highest BCUT2D eigenvalue weighted by Gasteiger charge is 2.70. The summed E-state index contributed by atoms with van der Waals surface area (Å²) in [6.07, 6.45) is 0.438. The fourth-order valence-electron chi connectivity index (χ4n) is 5.64. The van der Waals surface area contributed by atoms with Gasteiger partial charge in [-0.15, -0.1) is 0 Å². The first-order valence-corrected chi connectivity index (χ1v) is 11.1. The quantitative estimate of drug-likeness (QED) is 0.599. The van der Waals surface area contributed by atoms with E-state index in [9.17, 15) is 19.5 Å². The summed E-state index contributed by atoms with van der Waals surface area (Å²) in [6, 6.07) is 10.2. The van der Waals surface area contributed by atoms with Crippen LogP contribution in [0.5, 0.6) is 5.75 Å². The van der Waals surface area contributed by atoms with Gasteiger partial charge < -0.3 is 15.2 Å². The average molecular weight is 450 g/mol. The molecule has 3 aliphatic rings. The van der Waals surface area contributed by atoms with Gasteiger partial charge in [0.15, 0.2) is 0 Å². The summed E-state index contributed by atoms with van der Waals surface area (Å²) in [4.78, 5) is 41.9. The Morgan fingerprint density at radius 2 is 1.79 bits per heavy atom. The molecular weight excluding hydrogens is 422 g/mol. The van der Waals surface area contributed by atoms with Crippen molar-refractivity contribution in [2.24, 2.45) is 11.8 Å². The second kappa shape index (κ2) is 7.67. The standard InChI is InChI=1S/C25H27N3O5/c1-13-4-9-17-21(14(13)2)26-24(32)25(17)20-19(22(30)28(23(20)31)10-11-33-3)18(27-25)12-15-5-7-16(29)8-6-15/h4-9,18-20,27,29H,10-12H2,1-3H3,(H,26,32). The van der Waals surface area contributed by atoms with Crippen molar-refractivity contribution in [3.05, 3.63) is 58.7 Å². The minimum absolute atomic E-state index is 0.153. The third-order valence-corrected chi connectivity index (χ3v) is 7.42. The highest BCUT2D eigenvalue weighted by atomic mass is 16.5. The number of hydrogen-bond acceptors (Lipinski definition) is 6. The van der Waals surface area contributed by atoms with Crippen LogP contribution >= 0.6 is 0 Å². The van der Waals surface area contributed by atoms with Crippen molar-refractivity contribution >= 4 is 23.4 Å². The van der Waals surface area contributed by atoms with Gasteiger partial charge in [0.05, 0.1) is 25.0 Å². The van der Waals surface area contributed by atoms with E-state index in [0.29, 0.717) is 17.7 Å². The maximum Gasteiger partial charge on any atom is 0.250 e. The molecule has 0 saturated carbocycles. The molecule has 8 nitrogen and oxygen atoms in total. The first-order chi connectivity index (χ1) is 15.8. The number of fused-ring (bicyclic) bond motifs is 4. The van der Waals surface area contributed by atoms with Gasteiger partial charge in [-0.05, 0) is 49.1 Å². The smallest absolute Gasteiger partial charge is 0.250 e. The molecule has 2 fully saturated rings. The number of phenolic OH excluding ortho intramolecular Hbond substituents is 1. The highest BCUT2D eigenvalue weighted by Crippen LogP contribution is 2.54. The molecular formula is C25H27N3O5. The minimum atomic E-state index is -1.31. The molecule has 4 atom stereocenters. The molecule has 2 aromatic rings. The van der Waals surface area contributed by atoms with Gasteiger partial charge in [0.25, 0.3) is 0 Å². The van der Waals surface area contributed by atoms with Gasteiger partial charge in [0.2, 0.25) is 17.7 Å². The molecule has 0 radical (unpaired) electrons. The Balaban J connectivity index is 1.62. The van der Waals surface area contributed by atoms with Crippen LogP contribution < -0.4 is 10.6 Å². The van der Waals surface area contributed by atoms with Crippen LogP contribution in [0.25, 0.3) is 0 Å². The molecule has 0 bridgehead atoms. The second-order valence-corrected chi connectivity index (χ2v) is 9.14. The average Bonchev–Trinajstić information content (AvgIpc) is 3.36. The molecule has 3 heterocycles. The number of rotatable bonds is 5. The van der Waals surface area contributed by atoms with Crippen LogP contribution in [-0.4, -0.2) is 54.0 Å². The molecule has 2 aromatic carbocycles. The molecule has 3 N–H and O–H groups in total. The van der Waals surface area contributed by atoms with E-state index in [4.69, 9.17) is 4.74 Å². The van der Waals surface area contributed by atoms with Gasteiger partial charge in [-0.2, -0.15) is 0 Å². The van der Waals surface area contributed by atoms with E-state index in [2.05, 4.69) is 10.6 Å². The van der Waals surface area contributed by atoms with Gasteiger partial charge in [-0.3, -0.25) is 24.6 Å². The molecule has 172 valence electrons. The number of phenols is 1. The summed E-state index contributed by atoms with van der Waals surface area (Å²) < 4.78 is 5.11. The maximum atomic E-state index is 13.6. The summed E-state index contributed by atoms with van der Waals surface area (Å²) in [6.45, 7) is 4.31. The first kappa shape index (κ1) is 21.6. The second-order valence-electron chi connectivity index (χ2n) is 9.14. The van der Waals surface area contributed by atoms with Crippen molar-refractivity contribution in [2.45, 2.75) is 31.8 Å². The molecule has 33 heavy (non-hydrogen) atoms. The SMILES string of the molecule is COCCN1C(=O)C2C(Cc3ccc(O)cc3)NC3(C(=O)Nc4c3ccc(C)c4C)C2C1=O. The van der Waals surface area contributed by atoms with Crippen LogP contribution in [0.3, 0.4) is 0 Å². The number of hydrogen-bond donors (Lipinski definition) is 3. The molecule has 3 aliphatic heterocycles. The Bertz CT molecular complexity index is 1160. The first-order valence-electron chi connectivity index (χ1n) is 11.1. The van der Waals surface area contributed by atoms with Crippen molar-refractivity contribution in [2.75, 3.05) is 25.6 Å². The lowest BCUT2D eigenvalue weighted by Crippen LogP contribution is -2.53. The molecule has 5 rings (SSSR count). The van der Waals surface area contributed by atoms with E-state index in [0.717, 1.165) is 16.7 Å². The molecule has 3 amide bonds. The number of ether oxygens (including phenoxy) is 1. The molecule has 1 spiro atoms. The lowest BCUT2D eigenvalue weighted by molar-refractivity contribution is -0.143. The van der Waals surface area contributed by atoms with E-state index in [1.807, 2.05) is 26.0 Å². The van der Waals surface area contributed by atoms with E-state index < -0.39 is 23.4 Å². The van der Waals surface area contributed by atoms with Gasteiger partial charge in [-0.1, -0.05) is 24.3 Å². The normalized spacial score (nSPS) is 27.9. The van der Waals surface area contributed by atoms with Crippen molar-refractivity contribution < 1.29 is 24.2 Å². The molecule has 0 aliphatic carbocycles. The summed E-state index contributed by atoms with van der Waals surface area (Å²) in [7, 11) is 1.52. The van der Waals surface area contributed by atoms with E-state index in [1.165, 1.54) is 12.0 Å². The summed E-state index contributed by atoms with van der Waals surface area (Å²) in [5.74, 6) is -2.29. The molecule has 8 heteroatoms. The number of amides is 3.